The van der Waals surface area contributed by atoms with Gasteiger partial charge in [-0.3, -0.25) is 0 Å². The highest BCUT2D eigenvalue weighted by Gasteiger charge is 2.09. The van der Waals surface area contributed by atoms with Crippen molar-refractivity contribution >= 4 is 63.8 Å². The molecule has 0 aliphatic rings. The number of rotatable bonds is 1. The maximum Gasteiger partial charge on any atom is 0.0785 e. The van der Waals surface area contributed by atoms with Crippen LogP contribution < -0.4 is 0 Å². The zero-order valence-corrected chi connectivity index (χ0v) is 9.62. The Balaban J connectivity index is 3.36. The molecule has 64 valence electrons. The molecule has 5 heteroatoms. The first kappa shape index (κ1) is 10.6. The van der Waals surface area contributed by atoms with Gasteiger partial charge in [0.2, 0.25) is 0 Å². The van der Waals surface area contributed by atoms with Crippen molar-refractivity contribution in [2.24, 2.45) is 0 Å². The molecule has 0 aliphatic carbocycles. The second kappa shape index (κ2) is 4.16. The molecule has 0 nitrogen and oxygen atoms in total. The first-order valence-corrected chi connectivity index (χ1v) is 4.89. The molecule has 0 radical (unpaired) electrons. The summed E-state index contributed by atoms with van der Waals surface area (Å²) in [6.45, 7) is 0. The predicted molar refractivity (Wildman–Crippen MR) is 62.2 cm³/mol. The van der Waals surface area contributed by atoms with Gasteiger partial charge in [0.15, 0.2) is 0 Å². The maximum absolute atomic E-state index is 5.84. The Bertz CT molecular complexity index is 336. The molecule has 1 rings (SSSR count). The lowest BCUT2D eigenvalue weighted by Gasteiger charge is -2.03. The summed E-state index contributed by atoms with van der Waals surface area (Å²) < 4.78 is 0.401. The normalized spacial score (nSPS) is 10.0. The topological polar surface area (TPSA) is 0 Å². The van der Waals surface area contributed by atoms with Crippen LogP contribution in [0.15, 0.2) is 12.1 Å². The third kappa shape index (κ3) is 2.06. The molecule has 0 atom stereocenters. The zero-order chi connectivity index (χ0) is 9.30. The summed E-state index contributed by atoms with van der Waals surface area (Å²) in [6, 6.07) is 3.32. The SMILES string of the molecule is S=C(S)c1ccc(Cl)c(Cl)c1Cl. The van der Waals surface area contributed by atoms with E-state index in [2.05, 4.69) is 12.6 Å². The number of halogens is 3. The molecule has 12 heavy (non-hydrogen) atoms. The van der Waals surface area contributed by atoms with Gasteiger partial charge in [-0.2, -0.15) is 0 Å². The van der Waals surface area contributed by atoms with Crippen LogP contribution in [0.4, 0.5) is 0 Å². The molecule has 0 saturated carbocycles. The van der Waals surface area contributed by atoms with E-state index in [4.69, 9.17) is 47.0 Å². The third-order valence-electron chi connectivity index (χ3n) is 1.27. The van der Waals surface area contributed by atoms with Gasteiger partial charge in [0.05, 0.1) is 19.3 Å². The number of thiocarbonyl (C=S) groups is 1. The zero-order valence-electron chi connectivity index (χ0n) is 5.64. The summed E-state index contributed by atoms with van der Waals surface area (Å²) in [4.78, 5) is 0. The van der Waals surface area contributed by atoms with E-state index in [0.717, 1.165) is 0 Å². The summed E-state index contributed by atoms with van der Waals surface area (Å²) in [6.07, 6.45) is 0. The van der Waals surface area contributed by atoms with Gasteiger partial charge < -0.3 is 0 Å². The van der Waals surface area contributed by atoms with Gasteiger partial charge in [-0.15, -0.1) is 12.6 Å². The Morgan fingerprint density at radius 2 is 1.75 bits per heavy atom. The largest absolute Gasteiger partial charge is 0.131 e. The van der Waals surface area contributed by atoms with Crippen molar-refractivity contribution in [2.75, 3.05) is 0 Å². The maximum atomic E-state index is 5.84. The molecule has 0 N–H and O–H groups in total. The molecule has 1 aromatic rings. The highest BCUT2D eigenvalue weighted by molar-refractivity contribution is 8.11. The monoisotopic (exact) mass is 256 g/mol. The lowest BCUT2D eigenvalue weighted by atomic mass is 10.2. The van der Waals surface area contributed by atoms with Crippen LogP contribution in [0.2, 0.25) is 15.1 Å². The Morgan fingerprint density at radius 3 is 2.25 bits per heavy atom. The molecule has 0 fully saturated rings. The van der Waals surface area contributed by atoms with Gasteiger partial charge >= 0.3 is 0 Å². The Kier molecular flexibility index (Phi) is 3.68. The minimum absolute atomic E-state index is 0.312. The van der Waals surface area contributed by atoms with Gasteiger partial charge in [0.25, 0.3) is 0 Å². The summed E-state index contributed by atoms with van der Waals surface area (Å²) in [5.74, 6) is 0. The first-order valence-electron chi connectivity index (χ1n) is 2.91. The van der Waals surface area contributed by atoms with Crippen molar-refractivity contribution in [1.82, 2.24) is 0 Å². The average molecular weight is 258 g/mol. The van der Waals surface area contributed by atoms with E-state index >= 15 is 0 Å². The van der Waals surface area contributed by atoms with Crippen LogP contribution in [-0.2, 0) is 0 Å². The van der Waals surface area contributed by atoms with Crippen LogP contribution in [0.3, 0.4) is 0 Å². The number of hydrogen-bond acceptors (Lipinski definition) is 1. The van der Waals surface area contributed by atoms with Crippen molar-refractivity contribution in [3.05, 3.63) is 32.8 Å². The number of thiol groups is 1. The van der Waals surface area contributed by atoms with E-state index in [1.807, 2.05) is 0 Å². The fourth-order valence-electron chi connectivity index (χ4n) is 0.691. The molecule has 0 aliphatic heterocycles. The molecule has 0 spiro atoms. The minimum atomic E-state index is 0.312. The lowest BCUT2D eigenvalue weighted by molar-refractivity contribution is 1.68. The third-order valence-corrected chi connectivity index (χ3v) is 3.02. The predicted octanol–water partition coefficient (Wildman–Crippen LogP) is 4.25. The molecule has 0 saturated heterocycles. The molecular formula is C7H3Cl3S2. The summed E-state index contributed by atoms with van der Waals surface area (Å²) in [5, 5.41) is 1.08. The van der Waals surface area contributed by atoms with Crippen LogP contribution in [0, 0.1) is 0 Å². The van der Waals surface area contributed by atoms with Crippen LogP contribution in [0.5, 0.6) is 0 Å². The molecule has 0 aromatic heterocycles. The fraction of sp³-hybridized carbons (Fsp3) is 0. The van der Waals surface area contributed by atoms with Crippen molar-refractivity contribution in [1.29, 1.82) is 0 Å². The average Bonchev–Trinajstić information content (AvgIpc) is 2.00. The quantitative estimate of drug-likeness (QED) is 0.446. The number of hydrogen-bond donors (Lipinski definition) is 1. The molecule has 0 heterocycles. The Hall–Kier alpha value is 0.530. The van der Waals surface area contributed by atoms with Crippen LogP contribution >= 0.6 is 59.6 Å². The Morgan fingerprint density at radius 1 is 1.17 bits per heavy atom. The summed E-state index contributed by atoms with van der Waals surface area (Å²) in [5.41, 5.74) is 0.629. The van der Waals surface area contributed by atoms with E-state index in [1.54, 1.807) is 12.1 Å². The number of benzene rings is 1. The Labute approximate surface area is 96.2 Å². The van der Waals surface area contributed by atoms with Gasteiger partial charge in [0.1, 0.15) is 0 Å². The summed E-state index contributed by atoms with van der Waals surface area (Å²) in [7, 11) is 0. The van der Waals surface area contributed by atoms with Crippen molar-refractivity contribution < 1.29 is 0 Å². The molecule has 1 aromatic carbocycles. The van der Waals surface area contributed by atoms with Crippen LogP contribution in [0.1, 0.15) is 5.56 Å². The van der Waals surface area contributed by atoms with Crippen molar-refractivity contribution in [3.63, 3.8) is 0 Å². The van der Waals surface area contributed by atoms with E-state index in [-0.39, 0.29) is 0 Å². The van der Waals surface area contributed by atoms with Gasteiger partial charge in [-0.05, 0) is 12.1 Å². The molecular weight excluding hydrogens is 255 g/mol. The highest BCUT2D eigenvalue weighted by atomic mass is 35.5. The minimum Gasteiger partial charge on any atom is -0.131 e. The van der Waals surface area contributed by atoms with Gasteiger partial charge in [-0.1, -0.05) is 47.0 Å². The van der Waals surface area contributed by atoms with E-state index in [9.17, 15) is 0 Å². The van der Waals surface area contributed by atoms with Gasteiger partial charge in [-0.25, -0.2) is 0 Å². The first-order chi connectivity index (χ1) is 5.54. The summed E-state index contributed by atoms with van der Waals surface area (Å²) >= 11 is 26.1. The van der Waals surface area contributed by atoms with Crippen LogP contribution in [-0.4, -0.2) is 4.20 Å². The van der Waals surface area contributed by atoms with Crippen molar-refractivity contribution in [3.8, 4) is 0 Å². The molecule has 0 unspecified atom stereocenters. The van der Waals surface area contributed by atoms with E-state index in [1.165, 1.54) is 0 Å². The standard InChI is InChI=1S/C7H3Cl3S2/c8-4-2-1-3(7(11)12)5(9)6(4)10/h1-2H,(H,11,12). The second-order valence-corrected chi connectivity index (χ2v) is 4.35. The van der Waals surface area contributed by atoms with Crippen molar-refractivity contribution in [2.45, 2.75) is 0 Å². The fourth-order valence-corrected chi connectivity index (χ4v) is 1.80. The lowest BCUT2D eigenvalue weighted by Crippen LogP contribution is -1.89. The highest BCUT2D eigenvalue weighted by Crippen LogP contribution is 2.33. The van der Waals surface area contributed by atoms with Crippen LogP contribution in [0.25, 0.3) is 0 Å². The molecule has 0 bridgehead atoms. The van der Waals surface area contributed by atoms with E-state index < -0.39 is 0 Å². The molecule has 0 amide bonds. The second-order valence-electron chi connectivity index (χ2n) is 2.03. The smallest absolute Gasteiger partial charge is 0.0785 e. The van der Waals surface area contributed by atoms with Gasteiger partial charge in [0, 0.05) is 5.56 Å². The van der Waals surface area contributed by atoms with E-state index in [0.29, 0.717) is 24.8 Å².